The van der Waals surface area contributed by atoms with E-state index in [1.165, 1.54) is 0 Å². The van der Waals surface area contributed by atoms with Gasteiger partial charge in [-0.15, -0.1) is 0 Å². The molecule has 5 nitrogen and oxygen atoms in total. The van der Waals surface area contributed by atoms with E-state index in [1.807, 2.05) is 27.7 Å². The van der Waals surface area contributed by atoms with E-state index in [1.54, 1.807) is 6.20 Å². The monoisotopic (exact) mass is 266 g/mol. The van der Waals surface area contributed by atoms with Gasteiger partial charge in [0.05, 0.1) is 5.39 Å². The number of rotatable bonds is 1. The number of amides is 1. The van der Waals surface area contributed by atoms with Crippen LogP contribution in [-0.4, -0.2) is 20.9 Å². The normalized spacial score (nSPS) is 11.8. The lowest BCUT2D eigenvalue weighted by Crippen LogP contribution is -2.28. The molecule has 2 heterocycles. The van der Waals surface area contributed by atoms with Crippen molar-refractivity contribution >= 4 is 34.5 Å². The molecule has 2 rings (SSSR count). The summed E-state index contributed by atoms with van der Waals surface area (Å²) >= 11 is 6.08. The highest BCUT2D eigenvalue weighted by Gasteiger charge is 2.22. The van der Waals surface area contributed by atoms with Crippen molar-refractivity contribution in [3.05, 3.63) is 16.9 Å². The van der Waals surface area contributed by atoms with E-state index in [2.05, 4.69) is 20.3 Å². The number of nitrogens with one attached hydrogen (secondary N) is 2. The van der Waals surface area contributed by atoms with Crippen molar-refractivity contribution in [1.29, 1.82) is 0 Å². The third-order valence-corrected chi connectivity index (χ3v) is 2.86. The summed E-state index contributed by atoms with van der Waals surface area (Å²) in [6, 6.07) is 0. The molecule has 0 fully saturated rings. The predicted octanol–water partition coefficient (Wildman–Crippen LogP) is 2.90. The molecule has 18 heavy (non-hydrogen) atoms. The van der Waals surface area contributed by atoms with Gasteiger partial charge in [-0.05, 0) is 12.5 Å². The topological polar surface area (TPSA) is 70.7 Å². The van der Waals surface area contributed by atoms with Crippen LogP contribution in [0, 0.1) is 12.3 Å². The van der Waals surface area contributed by atoms with Crippen LogP contribution in [0.15, 0.2) is 6.20 Å². The first kappa shape index (κ1) is 12.8. The van der Waals surface area contributed by atoms with E-state index in [4.69, 9.17) is 11.6 Å². The molecule has 0 spiro atoms. The number of aryl methyl sites for hydroxylation is 1. The van der Waals surface area contributed by atoms with Gasteiger partial charge in [-0.2, -0.15) is 9.97 Å². The van der Waals surface area contributed by atoms with E-state index >= 15 is 0 Å². The van der Waals surface area contributed by atoms with Crippen molar-refractivity contribution in [2.24, 2.45) is 5.41 Å². The zero-order valence-corrected chi connectivity index (χ0v) is 11.5. The quantitative estimate of drug-likeness (QED) is 0.780. The maximum absolute atomic E-state index is 11.8. The van der Waals surface area contributed by atoms with Crippen LogP contribution in [0.1, 0.15) is 26.3 Å². The molecule has 2 aromatic heterocycles. The van der Waals surface area contributed by atoms with Crippen molar-refractivity contribution in [1.82, 2.24) is 15.0 Å². The molecular formula is C12H15ClN4O. The van der Waals surface area contributed by atoms with E-state index in [9.17, 15) is 4.79 Å². The number of anilines is 1. The van der Waals surface area contributed by atoms with E-state index in [0.717, 1.165) is 10.9 Å². The Morgan fingerprint density at radius 2 is 2.06 bits per heavy atom. The highest BCUT2D eigenvalue weighted by Crippen LogP contribution is 2.25. The number of aromatic amines is 1. The Morgan fingerprint density at radius 1 is 1.39 bits per heavy atom. The third kappa shape index (κ3) is 2.31. The molecule has 0 aliphatic heterocycles. The van der Waals surface area contributed by atoms with Gasteiger partial charge < -0.3 is 4.98 Å². The molecule has 0 aromatic carbocycles. The predicted molar refractivity (Wildman–Crippen MR) is 71.7 cm³/mol. The Kier molecular flexibility index (Phi) is 3.02. The third-order valence-electron chi connectivity index (χ3n) is 2.59. The molecule has 96 valence electrons. The van der Waals surface area contributed by atoms with Crippen LogP contribution in [0.5, 0.6) is 0 Å². The zero-order chi connectivity index (χ0) is 13.5. The van der Waals surface area contributed by atoms with Gasteiger partial charge in [0.25, 0.3) is 0 Å². The Hall–Kier alpha value is -1.62. The van der Waals surface area contributed by atoms with Crippen LogP contribution < -0.4 is 5.32 Å². The summed E-state index contributed by atoms with van der Waals surface area (Å²) < 4.78 is 0. The Bertz CT molecular complexity index is 612. The Morgan fingerprint density at radius 3 is 2.67 bits per heavy atom. The molecule has 0 atom stereocenters. The molecule has 0 unspecified atom stereocenters. The number of hydrogen-bond donors (Lipinski definition) is 2. The largest absolute Gasteiger partial charge is 0.346 e. The summed E-state index contributed by atoms with van der Waals surface area (Å²) in [5.41, 5.74) is 1.09. The number of carbonyl (C=O) groups is 1. The first-order valence-electron chi connectivity index (χ1n) is 5.61. The number of H-pyrrole nitrogens is 1. The summed E-state index contributed by atoms with van der Waals surface area (Å²) in [6.45, 7) is 7.38. The molecule has 1 amide bonds. The molecule has 0 aliphatic carbocycles. The first-order valence-corrected chi connectivity index (χ1v) is 5.99. The molecule has 2 N–H and O–H groups in total. The van der Waals surface area contributed by atoms with Crippen LogP contribution in [0.3, 0.4) is 0 Å². The summed E-state index contributed by atoms with van der Waals surface area (Å²) in [5, 5.41) is 3.78. The van der Waals surface area contributed by atoms with Gasteiger partial charge >= 0.3 is 0 Å². The van der Waals surface area contributed by atoms with Crippen molar-refractivity contribution in [3.63, 3.8) is 0 Å². The minimum atomic E-state index is -0.504. The molecule has 0 saturated carbocycles. The first-order chi connectivity index (χ1) is 8.29. The van der Waals surface area contributed by atoms with Crippen molar-refractivity contribution in [3.8, 4) is 0 Å². The van der Waals surface area contributed by atoms with Gasteiger partial charge in [0.1, 0.15) is 10.8 Å². The minimum Gasteiger partial charge on any atom is -0.346 e. The van der Waals surface area contributed by atoms with Crippen LogP contribution in [-0.2, 0) is 4.79 Å². The highest BCUT2D eigenvalue weighted by atomic mass is 35.5. The Balaban J connectivity index is 2.39. The van der Waals surface area contributed by atoms with Gasteiger partial charge in [0.2, 0.25) is 11.9 Å². The summed E-state index contributed by atoms with van der Waals surface area (Å²) in [4.78, 5) is 23.2. The molecule has 6 heteroatoms. The number of carbonyl (C=O) groups excluding carboxylic acids is 1. The molecule has 0 bridgehead atoms. The molecule has 2 aromatic rings. The van der Waals surface area contributed by atoms with Crippen molar-refractivity contribution in [2.75, 3.05) is 5.32 Å². The van der Waals surface area contributed by atoms with Crippen LogP contribution in [0.2, 0.25) is 5.15 Å². The van der Waals surface area contributed by atoms with Gasteiger partial charge in [-0.1, -0.05) is 32.4 Å². The molecule has 0 radical (unpaired) electrons. The fourth-order valence-corrected chi connectivity index (χ4v) is 1.80. The maximum Gasteiger partial charge on any atom is 0.232 e. The number of halogens is 1. The molecule has 0 aliphatic rings. The lowest BCUT2D eigenvalue weighted by molar-refractivity contribution is -0.123. The lowest BCUT2D eigenvalue weighted by atomic mass is 9.96. The number of nitrogens with zero attached hydrogens (tertiary/aromatic N) is 2. The van der Waals surface area contributed by atoms with Crippen molar-refractivity contribution in [2.45, 2.75) is 27.7 Å². The number of aromatic nitrogens is 3. The van der Waals surface area contributed by atoms with Crippen molar-refractivity contribution < 1.29 is 4.79 Å². The van der Waals surface area contributed by atoms with E-state index < -0.39 is 5.41 Å². The average Bonchev–Trinajstić information content (AvgIpc) is 2.59. The smallest absolute Gasteiger partial charge is 0.232 e. The fraction of sp³-hybridized carbons (Fsp3) is 0.417. The van der Waals surface area contributed by atoms with Gasteiger partial charge in [-0.3, -0.25) is 10.1 Å². The SMILES string of the molecule is Cc1c[nH]c2nc(NC(=O)C(C)(C)C)nc(Cl)c12. The van der Waals surface area contributed by atoms with E-state index in [0.29, 0.717) is 10.8 Å². The average molecular weight is 267 g/mol. The van der Waals surface area contributed by atoms with Gasteiger partial charge in [-0.25, -0.2) is 0 Å². The second-order valence-corrected chi connectivity index (χ2v) is 5.60. The van der Waals surface area contributed by atoms with Crippen LogP contribution in [0.4, 0.5) is 5.95 Å². The van der Waals surface area contributed by atoms with Gasteiger partial charge in [0.15, 0.2) is 0 Å². The molecular weight excluding hydrogens is 252 g/mol. The second kappa shape index (κ2) is 4.24. The highest BCUT2D eigenvalue weighted by molar-refractivity contribution is 6.34. The summed E-state index contributed by atoms with van der Waals surface area (Å²) in [5.74, 6) is 0.0652. The minimum absolute atomic E-state index is 0.152. The lowest BCUT2D eigenvalue weighted by Gasteiger charge is -2.16. The number of fused-ring (bicyclic) bond motifs is 1. The Labute approximate surface area is 110 Å². The van der Waals surface area contributed by atoms with Crippen LogP contribution >= 0.6 is 11.6 Å². The standard InChI is InChI=1S/C12H15ClN4O/c1-6-5-14-9-7(6)8(13)15-11(16-9)17-10(18)12(2,3)4/h5H,1-4H3,(H2,14,15,16,17,18). The maximum atomic E-state index is 11.8. The molecule has 0 saturated heterocycles. The summed E-state index contributed by atoms with van der Waals surface area (Å²) in [6.07, 6.45) is 1.81. The van der Waals surface area contributed by atoms with Gasteiger partial charge in [0, 0.05) is 11.6 Å². The number of hydrogen-bond acceptors (Lipinski definition) is 3. The fourth-order valence-electron chi connectivity index (χ4n) is 1.48. The van der Waals surface area contributed by atoms with Crippen LogP contribution in [0.25, 0.3) is 11.0 Å². The van der Waals surface area contributed by atoms with E-state index in [-0.39, 0.29) is 11.9 Å². The summed E-state index contributed by atoms with van der Waals surface area (Å²) in [7, 11) is 0. The second-order valence-electron chi connectivity index (χ2n) is 5.24. The zero-order valence-electron chi connectivity index (χ0n) is 10.8.